The fourth-order valence-electron chi connectivity index (χ4n) is 2.07. The van der Waals surface area contributed by atoms with Crippen molar-refractivity contribution in [3.8, 4) is 5.75 Å². The number of benzene rings is 2. The highest BCUT2D eigenvalue weighted by Crippen LogP contribution is 2.25. The van der Waals surface area contributed by atoms with E-state index in [2.05, 4.69) is 5.32 Å². The van der Waals surface area contributed by atoms with Crippen molar-refractivity contribution in [3.63, 3.8) is 0 Å². The van der Waals surface area contributed by atoms with Crippen molar-refractivity contribution in [2.45, 2.75) is 13.0 Å². The summed E-state index contributed by atoms with van der Waals surface area (Å²) in [6.07, 6.45) is 0. The van der Waals surface area contributed by atoms with Gasteiger partial charge in [-0.1, -0.05) is 23.8 Å². The number of methoxy groups -OCH3 is 1. The Morgan fingerprint density at radius 3 is 2.75 bits per heavy atom. The van der Waals surface area contributed by atoms with Gasteiger partial charge in [-0.25, -0.2) is 4.39 Å². The number of aliphatic hydroxyl groups excluding tert-OH is 1. The summed E-state index contributed by atoms with van der Waals surface area (Å²) in [7, 11) is 1.59. The second-order valence-electron chi connectivity index (χ2n) is 4.64. The standard InChI is InChI=1S/C16H18FNO2/c1-11-6-7-15(17)14(8-11)16(10-19)18-12-4-3-5-13(9-12)20-2/h3-9,16,18-19H,10H2,1-2H3. The Morgan fingerprint density at radius 1 is 1.25 bits per heavy atom. The van der Waals surface area contributed by atoms with Crippen LogP contribution in [0.1, 0.15) is 17.2 Å². The maximum Gasteiger partial charge on any atom is 0.128 e. The maximum absolute atomic E-state index is 13.9. The number of halogens is 1. The van der Waals surface area contributed by atoms with Crippen LogP contribution >= 0.6 is 0 Å². The fourth-order valence-corrected chi connectivity index (χ4v) is 2.07. The van der Waals surface area contributed by atoms with E-state index in [0.29, 0.717) is 11.3 Å². The van der Waals surface area contributed by atoms with Crippen LogP contribution in [0.2, 0.25) is 0 Å². The van der Waals surface area contributed by atoms with Gasteiger partial charge in [0.15, 0.2) is 0 Å². The monoisotopic (exact) mass is 275 g/mol. The topological polar surface area (TPSA) is 41.5 Å². The smallest absolute Gasteiger partial charge is 0.128 e. The molecule has 2 N–H and O–H groups in total. The molecule has 2 aromatic carbocycles. The van der Waals surface area contributed by atoms with Crippen molar-refractivity contribution in [2.24, 2.45) is 0 Å². The Kier molecular flexibility index (Phi) is 4.58. The van der Waals surface area contributed by atoms with Gasteiger partial charge in [-0.15, -0.1) is 0 Å². The van der Waals surface area contributed by atoms with E-state index in [1.54, 1.807) is 25.3 Å². The second kappa shape index (κ2) is 6.39. The minimum Gasteiger partial charge on any atom is -0.497 e. The van der Waals surface area contributed by atoms with Crippen molar-refractivity contribution in [1.29, 1.82) is 0 Å². The Hall–Kier alpha value is -2.07. The van der Waals surface area contributed by atoms with E-state index >= 15 is 0 Å². The van der Waals surface area contributed by atoms with Gasteiger partial charge < -0.3 is 15.2 Å². The Morgan fingerprint density at radius 2 is 2.05 bits per heavy atom. The summed E-state index contributed by atoms with van der Waals surface area (Å²) in [6, 6.07) is 11.7. The van der Waals surface area contributed by atoms with Gasteiger partial charge in [-0.3, -0.25) is 0 Å². The zero-order chi connectivity index (χ0) is 14.5. The first-order valence-corrected chi connectivity index (χ1v) is 6.41. The Bertz CT molecular complexity index is 586. The average Bonchev–Trinajstić information content (AvgIpc) is 2.47. The fraction of sp³-hybridized carbons (Fsp3) is 0.250. The molecule has 106 valence electrons. The lowest BCUT2D eigenvalue weighted by atomic mass is 10.0. The molecule has 4 heteroatoms. The molecule has 1 atom stereocenters. The molecule has 0 aromatic heterocycles. The van der Waals surface area contributed by atoms with Crippen molar-refractivity contribution >= 4 is 5.69 Å². The predicted molar refractivity (Wildman–Crippen MR) is 77.6 cm³/mol. The Labute approximate surface area is 118 Å². The zero-order valence-electron chi connectivity index (χ0n) is 11.6. The van der Waals surface area contributed by atoms with Crippen LogP contribution in [0, 0.1) is 12.7 Å². The Balaban J connectivity index is 2.26. The van der Waals surface area contributed by atoms with Gasteiger partial charge in [0.05, 0.1) is 19.8 Å². The lowest BCUT2D eigenvalue weighted by Gasteiger charge is -2.19. The minimum absolute atomic E-state index is 0.197. The molecule has 3 nitrogen and oxygen atoms in total. The molecule has 0 radical (unpaired) electrons. The lowest BCUT2D eigenvalue weighted by molar-refractivity contribution is 0.274. The van der Waals surface area contributed by atoms with Crippen molar-refractivity contribution in [2.75, 3.05) is 19.0 Å². The molecule has 0 aliphatic carbocycles. The van der Waals surface area contributed by atoms with Gasteiger partial charge in [0.1, 0.15) is 11.6 Å². The molecule has 0 spiro atoms. The van der Waals surface area contributed by atoms with Crippen LogP contribution in [-0.2, 0) is 0 Å². The third-order valence-corrected chi connectivity index (χ3v) is 3.12. The van der Waals surface area contributed by atoms with Gasteiger partial charge in [0, 0.05) is 17.3 Å². The second-order valence-corrected chi connectivity index (χ2v) is 4.64. The quantitative estimate of drug-likeness (QED) is 0.879. The molecule has 0 aliphatic rings. The van der Waals surface area contributed by atoms with E-state index in [4.69, 9.17) is 4.74 Å². The summed E-state index contributed by atoms with van der Waals surface area (Å²) in [5.41, 5.74) is 2.17. The molecule has 0 saturated heterocycles. The van der Waals surface area contributed by atoms with Crippen LogP contribution in [-0.4, -0.2) is 18.8 Å². The van der Waals surface area contributed by atoms with E-state index in [-0.39, 0.29) is 12.4 Å². The van der Waals surface area contributed by atoms with Gasteiger partial charge in [0.25, 0.3) is 0 Å². The van der Waals surface area contributed by atoms with Crippen molar-refractivity contribution in [3.05, 3.63) is 59.4 Å². The van der Waals surface area contributed by atoms with Crippen LogP contribution in [0.25, 0.3) is 0 Å². The van der Waals surface area contributed by atoms with E-state index < -0.39 is 6.04 Å². The largest absolute Gasteiger partial charge is 0.497 e. The van der Waals surface area contributed by atoms with Gasteiger partial charge >= 0.3 is 0 Å². The number of aryl methyl sites for hydroxylation is 1. The molecule has 1 unspecified atom stereocenters. The first-order chi connectivity index (χ1) is 9.63. The summed E-state index contributed by atoms with van der Waals surface area (Å²) in [4.78, 5) is 0. The normalized spacial score (nSPS) is 12.0. The molecule has 0 bridgehead atoms. The molecule has 20 heavy (non-hydrogen) atoms. The number of nitrogens with one attached hydrogen (secondary N) is 1. The van der Waals surface area contributed by atoms with Crippen LogP contribution in [0.15, 0.2) is 42.5 Å². The summed E-state index contributed by atoms with van der Waals surface area (Å²) in [5.74, 6) is 0.376. The maximum atomic E-state index is 13.9. The molecule has 2 rings (SSSR count). The molecular formula is C16H18FNO2. The summed E-state index contributed by atoms with van der Waals surface area (Å²) in [6.45, 7) is 1.69. The highest BCUT2D eigenvalue weighted by atomic mass is 19.1. The predicted octanol–water partition coefficient (Wildman–Crippen LogP) is 3.29. The third-order valence-electron chi connectivity index (χ3n) is 3.12. The highest BCUT2D eigenvalue weighted by molar-refractivity contribution is 5.50. The SMILES string of the molecule is COc1cccc(NC(CO)c2cc(C)ccc2F)c1. The number of hydrogen-bond donors (Lipinski definition) is 2. The molecule has 0 heterocycles. The molecule has 2 aromatic rings. The molecule has 0 amide bonds. The molecule has 0 saturated carbocycles. The number of anilines is 1. The van der Waals surface area contributed by atoms with E-state index in [0.717, 1.165) is 11.3 Å². The lowest BCUT2D eigenvalue weighted by Crippen LogP contribution is -2.16. The van der Waals surface area contributed by atoms with Crippen LogP contribution in [0.5, 0.6) is 5.75 Å². The molecule has 0 aliphatic heterocycles. The number of hydrogen-bond acceptors (Lipinski definition) is 3. The average molecular weight is 275 g/mol. The highest BCUT2D eigenvalue weighted by Gasteiger charge is 2.15. The van der Waals surface area contributed by atoms with Gasteiger partial charge in [-0.05, 0) is 25.1 Å². The molecular weight excluding hydrogens is 257 g/mol. The van der Waals surface area contributed by atoms with E-state index in [1.165, 1.54) is 6.07 Å². The number of ether oxygens (including phenoxy) is 1. The number of aliphatic hydroxyl groups is 1. The van der Waals surface area contributed by atoms with Crippen LogP contribution in [0.4, 0.5) is 10.1 Å². The minimum atomic E-state index is -0.498. The van der Waals surface area contributed by atoms with E-state index in [1.807, 2.05) is 25.1 Å². The first kappa shape index (κ1) is 14.3. The molecule has 0 fully saturated rings. The van der Waals surface area contributed by atoms with Crippen LogP contribution < -0.4 is 10.1 Å². The van der Waals surface area contributed by atoms with Gasteiger partial charge in [-0.2, -0.15) is 0 Å². The van der Waals surface area contributed by atoms with Crippen molar-refractivity contribution < 1.29 is 14.2 Å². The van der Waals surface area contributed by atoms with Gasteiger partial charge in [0.2, 0.25) is 0 Å². The van der Waals surface area contributed by atoms with Crippen molar-refractivity contribution in [1.82, 2.24) is 0 Å². The van der Waals surface area contributed by atoms with Crippen LogP contribution in [0.3, 0.4) is 0 Å². The summed E-state index contributed by atoms with van der Waals surface area (Å²) >= 11 is 0. The summed E-state index contributed by atoms with van der Waals surface area (Å²) in [5, 5.41) is 12.6. The number of rotatable bonds is 5. The third kappa shape index (κ3) is 3.27. The zero-order valence-corrected chi connectivity index (χ0v) is 11.6. The first-order valence-electron chi connectivity index (χ1n) is 6.41. The summed E-state index contributed by atoms with van der Waals surface area (Å²) < 4.78 is 19.0. The van der Waals surface area contributed by atoms with E-state index in [9.17, 15) is 9.50 Å².